The van der Waals surface area contributed by atoms with Crippen LogP contribution in [0, 0.1) is 6.92 Å². The summed E-state index contributed by atoms with van der Waals surface area (Å²) in [4.78, 5) is 13.9. The Morgan fingerprint density at radius 1 is 0.732 bits per heavy atom. The van der Waals surface area contributed by atoms with Crippen molar-refractivity contribution in [2.45, 2.75) is 74.1 Å². The molecule has 11 atom stereocenters. The second-order valence-corrected chi connectivity index (χ2v) is 10.6. The number of fused-ring (bicyclic) bond motifs is 2. The lowest BCUT2D eigenvalue weighted by atomic mass is 9.71. The molecule has 0 bridgehead atoms. The number of aryl methyl sites for hydroxylation is 1. The Kier molecular flexibility index (Phi) is 7.99. The van der Waals surface area contributed by atoms with Crippen LogP contribution in [0.2, 0.25) is 0 Å². The monoisotopic (exact) mass is 580 g/mol. The SMILES string of the molecule is Cc1cc(O)c2c(c1)C(C1OC(CO)C(O)C(O)C1O)c1cc(O)cc(OC3OC(CO)C(O)C(O)C3O)c1C2=O. The summed E-state index contributed by atoms with van der Waals surface area (Å²) in [6, 6.07) is 5.06. The van der Waals surface area contributed by atoms with Crippen LogP contribution in [0.25, 0.3) is 0 Å². The van der Waals surface area contributed by atoms with Gasteiger partial charge in [-0.15, -0.1) is 0 Å². The quantitative estimate of drug-likeness (QED) is 0.171. The summed E-state index contributed by atoms with van der Waals surface area (Å²) in [6.45, 7) is 0.166. The van der Waals surface area contributed by atoms with Crippen molar-refractivity contribution in [3.05, 3.63) is 52.1 Å². The Balaban J connectivity index is 1.67. The van der Waals surface area contributed by atoms with Gasteiger partial charge >= 0.3 is 0 Å². The van der Waals surface area contributed by atoms with Gasteiger partial charge in [0.15, 0.2) is 0 Å². The van der Waals surface area contributed by atoms with Gasteiger partial charge in [-0.05, 0) is 35.7 Å². The highest BCUT2D eigenvalue weighted by Gasteiger charge is 2.51. The van der Waals surface area contributed by atoms with E-state index in [0.29, 0.717) is 5.56 Å². The van der Waals surface area contributed by atoms with E-state index in [9.17, 15) is 55.9 Å². The van der Waals surface area contributed by atoms with E-state index in [4.69, 9.17) is 14.2 Å². The summed E-state index contributed by atoms with van der Waals surface area (Å²) in [5.41, 5.74) is 0.220. The molecule has 10 N–H and O–H groups in total. The van der Waals surface area contributed by atoms with Crippen LogP contribution in [-0.4, -0.2) is 131 Å². The molecule has 0 saturated carbocycles. The summed E-state index contributed by atoms with van der Waals surface area (Å²) in [5, 5.41) is 103. The summed E-state index contributed by atoms with van der Waals surface area (Å²) < 4.78 is 17.0. The highest BCUT2D eigenvalue weighted by molar-refractivity contribution is 6.16. The summed E-state index contributed by atoms with van der Waals surface area (Å²) in [7, 11) is 0. The molecule has 14 nitrogen and oxygen atoms in total. The van der Waals surface area contributed by atoms with E-state index in [1.807, 2.05) is 0 Å². The molecule has 0 amide bonds. The maximum atomic E-state index is 13.9. The highest BCUT2D eigenvalue weighted by atomic mass is 16.7. The Morgan fingerprint density at radius 3 is 1.95 bits per heavy atom. The zero-order chi connectivity index (χ0) is 29.9. The van der Waals surface area contributed by atoms with E-state index in [1.54, 1.807) is 13.0 Å². The molecule has 41 heavy (non-hydrogen) atoms. The number of hydrogen-bond acceptors (Lipinski definition) is 14. The minimum Gasteiger partial charge on any atom is -0.508 e. The van der Waals surface area contributed by atoms with Crippen molar-refractivity contribution in [1.82, 2.24) is 0 Å². The van der Waals surface area contributed by atoms with E-state index < -0.39 is 97.6 Å². The molecule has 0 aromatic heterocycles. The van der Waals surface area contributed by atoms with Gasteiger partial charge in [0.2, 0.25) is 12.1 Å². The molecular weight excluding hydrogens is 548 g/mol. The summed E-state index contributed by atoms with van der Waals surface area (Å²) >= 11 is 0. The van der Waals surface area contributed by atoms with Crippen LogP contribution in [-0.2, 0) is 9.47 Å². The fraction of sp³-hybridized carbons (Fsp3) is 0.519. The average Bonchev–Trinajstić information content (AvgIpc) is 2.92. The van der Waals surface area contributed by atoms with E-state index in [0.717, 1.165) is 6.07 Å². The van der Waals surface area contributed by atoms with E-state index in [-0.39, 0.29) is 28.0 Å². The molecule has 2 aromatic carbocycles. The molecule has 2 aromatic rings. The number of phenolic OH excluding ortho intramolecular Hbond substituents is 2. The van der Waals surface area contributed by atoms with Crippen molar-refractivity contribution in [1.29, 1.82) is 0 Å². The number of aliphatic hydroxyl groups is 8. The van der Waals surface area contributed by atoms with Gasteiger partial charge < -0.3 is 65.3 Å². The van der Waals surface area contributed by atoms with Gasteiger partial charge in [-0.1, -0.05) is 6.07 Å². The van der Waals surface area contributed by atoms with Crippen molar-refractivity contribution in [3.63, 3.8) is 0 Å². The number of aliphatic hydroxyl groups excluding tert-OH is 8. The lowest BCUT2D eigenvalue weighted by molar-refractivity contribution is -0.277. The third-order valence-electron chi connectivity index (χ3n) is 7.88. The van der Waals surface area contributed by atoms with Gasteiger partial charge in [-0.25, -0.2) is 0 Å². The van der Waals surface area contributed by atoms with Crippen LogP contribution in [0.15, 0.2) is 24.3 Å². The summed E-state index contributed by atoms with van der Waals surface area (Å²) in [5.74, 6) is -3.23. The normalized spacial score (nSPS) is 36.9. The fourth-order valence-corrected chi connectivity index (χ4v) is 5.83. The van der Waals surface area contributed by atoms with Gasteiger partial charge in [0.1, 0.15) is 66.1 Å². The van der Waals surface area contributed by atoms with E-state index in [2.05, 4.69) is 0 Å². The molecule has 3 aliphatic rings. The zero-order valence-corrected chi connectivity index (χ0v) is 21.7. The highest BCUT2D eigenvalue weighted by Crippen LogP contribution is 2.49. The first kappa shape index (κ1) is 29.6. The van der Waals surface area contributed by atoms with Crippen LogP contribution in [0.4, 0.5) is 0 Å². The molecule has 0 radical (unpaired) electrons. The second kappa shape index (κ2) is 11.1. The summed E-state index contributed by atoms with van der Waals surface area (Å²) in [6.07, 6.45) is -16.3. The number of phenols is 2. The standard InChI is InChI=1S/C27H32O14/c1-8-2-10-16(26-24(37)22(35)19(32)14(6-28)39-26)11-4-9(30)5-13(18(11)21(34)17(10)12(31)3-8)40-27-25(38)23(36)20(33)15(7-29)41-27/h2-5,14-16,19-20,22-33,35-38H,6-7H2,1H3. The van der Waals surface area contributed by atoms with Crippen molar-refractivity contribution < 1.29 is 70.1 Å². The van der Waals surface area contributed by atoms with Crippen LogP contribution in [0.5, 0.6) is 17.2 Å². The number of carbonyl (C=O) groups excluding carboxylic acids is 1. The number of rotatable bonds is 5. The topological polar surface area (TPSA) is 247 Å². The van der Waals surface area contributed by atoms with Gasteiger partial charge in [0.05, 0.1) is 30.4 Å². The van der Waals surface area contributed by atoms with Gasteiger partial charge in [0, 0.05) is 12.0 Å². The molecule has 2 heterocycles. The molecule has 2 fully saturated rings. The number of benzene rings is 2. The van der Waals surface area contributed by atoms with Crippen molar-refractivity contribution in [3.8, 4) is 17.2 Å². The van der Waals surface area contributed by atoms with Gasteiger partial charge in [-0.3, -0.25) is 4.79 Å². The van der Waals surface area contributed by atoms with Crippen LogP contribution in [0.3, 0.4) is 0 Å². The number of ether oxygens (including phenoxy) is 3. The van der Waals surface area contributed by atoms with Crippen LogP contribution >= 0.6 is 0 Å². The smallest absolute Gasteiger partial charge is 0.229 e. The maximum Gasteiger partial charge on any atom is 0.229 e. The second-order valence-electron chi connectivity index (χ2n) is 10.6. The number of ketones is 1. The Labute approximate surface area is 232 Å². The number of hydrogen-bond donors (Lipinski definition) is 10. The van der Waals surface area contributed by atoms with Crippen molar-refractivity contribution in [2.75, 3.05) is 13.2 Å². The molecular formula is C27H32O14. The first-order chi connectivity index (χ1) is 19.4. The lowest BCUT2D eigenvalue weighted by Gasteiger charge is -2.45. The molecule has 1 aliphatic carbocycles. The zero-order valence-electron chi connectivity index (χ0n) is 21.7. The number of carbonyl (C=O) groups is 1. The van der Waals surface area contributed by atoms with Gasteiger partial charge in [-0.2, -0.15) is 0 Å². The first-order valence-corrected chi connectivity index (χ1v) is 12.9. The van der Waals surface area contributed by atoms with Crippen molar-refractivity contribution in [2.24, 2.45) is 0 Å². The molecule has 11 unspecified atom stereocenters. The minimum absolute atomic E-state index is 0.0106. The molecule has 0 spiro atoms. The third kappa shape index (κ3) is 4.85. The largest absolute Gasteiger partial charge is 0.508 e. The Bertz CT molecular complexity index is 1310. The Hall–Kier alpha value is -2.89. The molecule has 2 aliphatic heterocycles. The van der Waals surface area contributed by atoms with Crippen LogP contribution in [0.1, 0.15) is 38.5 Å². The Morgan fingerprint density at radius 2 is 1.32 bits per heavy atom. The third-order valence-corrected chi connectivity index (χ3v) is 7.88. The predicted octanol–water partition coefficient (Wildman–Crippen LogP) is -2.90. The molecule has 224 valence electrons. The van der Waals surface area contributed by atoms with E-state index in [1.165, 1.54) is 12.1 Å². The van der Waals surface area contributed by atoms with Crippen molar-refractivity contribution >= 4 is 5.78 Å². The van der Waals surface area contributed by atoms with E-state index >= 15 is 0 Å². The average molecular weight is 581 g/mol. The molecule has 14 heteroatoms. The van der Waals surface area contributed by atoms with Crippen LogP contribution < -0.4 is 4.74 Å². The van der Waals surface area contributed by atoms with Gasteiger partial charge in [0.25, 0.3) is 0 Å². The number of aromatic hydroxyl groups is 2. The fourth-order valence-electron chi connectivity index (χ4n) is 5.83. The molecule has 5 rings (SSSR count). The first-order valence-electron chi connectivity index (χ1n) is 12.9. The predicted molar refractivity (Wildman–Crippen MR) is 134 cm³/mol. The molecule has 2 saturated heterocycles. The maximum absolute atomic E-state index is 13.9. The minimum atomic E-state index is -1.85. The lowest BCUT2D eigenvalue weighted by Crippen LogP contribution is -2.60.